The van der Waals surface area contributed by atoms with Crippen LogP contribution < -0.4 is 0 Å². The maximum atomic E-state index is 9.64. The molecule has 272 valence electrons. The van der Waals surface area contributed by atoms with Crippen LogP contribution in [0.1, 0.15) is 5.56 Å². The van der Waals surface area contributed by atoms with Gasteiger partial charge in [0.05, 0.1) is 38.8 Å². The quantitative estimate of drug-likeness (QED) is 0.179. The van der Waals surface area contributed by atoms with E-state index in [2.05, 4.69) is 156 Å². The summed E-state index contributed by atoms with van der Waals surface area (Å²) in [5, 5.41) is 23.3. The molecule has 0 saturated heterocycles. The third-order valence-corrected chi connectivity index (χ3v) is 14.3. The molecular weight excluding hydrogens is 757 g/mol. The lowest BCUT2D eigenvalue weighted by Crippen LogP contribution is -1.98. The van der Waals surface area contributed by atoms with Gasteiger partial charge in [-0.3, -0.25) is 0 Å². The summed E-state index contributed by atoms with van der Waals surface area (Å²) >= 11 is 3.58. The van der Waals surface area contributed by atoms with Gasteiger partial charge in [0.15, 0.2) is 0 Å². The highest BCUT2D eigenvalue weighted by molar-refractivity contribution is 7.27. The first kappa shape index (κ1) is 32.6. The Morgan fingerprint density at radius 2 is 1.12 bits per heavy atom. The van der Waals surface area contributed by atoms with E-state index in [9.17, 15) is 5.26 Å². The van der Waals surface area contributed by atoms with E-state index in [-0.39, 0.29) is 0 Å². The number of thiophene rings is 2. The average Bonchev–Trinajstić information content (AvgIpc) is 3.99. The highest BCUT2D eigenvalue weighted by atomic mass is 32.1. The van der Waals surface area contributed by atoms with Crippen molar-refractivity contribution in [3.05, 3.63) is 175 Å². The summed E-state index contributed by atoms with van der Waals surface area (Å²) < 4.78 is 6.27. The summed E-state index contributed by atoms with van der Waals surface area (Å²) in [5.74, 6) is 0. The maximum absolute atomic E-state index is 9.64. The van der Waals surface area contributed by atoms with Crippen LogP contribution in [0.5, 0.6) is 0 Å². The predicted octanol–water partition coefficient (Wildman–Crippen LogP) is 15.0. The minimum absolute atomic E-state index is 0.610. The van der Waals surface area contributed by atoms with Crippen molar-refractivity contribution >= 4 is 117 Å². The lowest BCUT2D eigenvalue weighted by atomic mass is 9.97. The number of nitrogens with zero attached hydrogens (tertiary/aromatic N) is 4. The average molecular weight is 785 g/mol. The molecule has 4 aromatic heterocycles. The van der Waals surface area contributed by atoms with Gasteiger partial charge in [-0.25, -0.2) is 9.97 Å². The first-order chi connectivity index (χ1) is 29.2. The van der Waals surface area contributed by atoms with Crippen LogP contribution in [0.2, 0.25) is 0 Å². The molecule has 13 aromatic rings. The van der Waals surface area contributed by atoms with Gasteiger partial charge < -0.3 is 4.57 Å². The van der Waals surface area contributed by atoms with E-state index in [1.807, 2.05) is 35.6 Å². The first-order valence-corrected chi connectivity index (χ1v) is 21.3. The Morgan fingerprint density at radius 3 is 1.92 bits per heavy atom. The molecule has 0 radical (unpaired) electrons. The summed E-state index contributed by atoms with van der Waals surface area (Å²) in [6, 6.07) is 62.9. The Balaban J connectivity index is 1.18. The zero-order valence-corrected chi connectivity index (χ0v) is 32.9. The Labute approximate surface area is 345 Å². The molecule has 0 aliphatic carbocycles. The second-order valence-electron chi connectivity index (χ2n) is 15.2. The molecule has 0 unspecified atom stereocenters. The standard InChI is InChI=1S/C53H28N4S2/c54-29-30-20-22-33(23-21-30)46-47(56-53-48(55-46)40-18-7-8-19-43(40)58-53)34-12-9-13-35(28-34)57-49-36-14-3-1-10-31(36)24-26-41(49)44-38-16-5-6-17-39(38)45-42-27-25-32-11-2-4-15-37(32)51(42)59-52(45)50(44)57/h1-28H. The first-order valence-electron chi connectivity index (χ1n) is 19.6. The minimum atomic E-state index is 0.610. The topological polar surface area (TPSA) is 54.5 Å². The molecular formula is C53H28N4S2. The Hall–Kier alpha value is -7.43. The van der Waals surface area contributed by atoms with Gasteiger partial charge >= 0.3 is 0 Å². The molecule has 6 heteroatoms. The van der Waals surface area contributed by atoms with Crippen LogP contribution in [0, 0.1) is 11.3 Å². The minimum Gasteiger partial charge on any atom is -0.307 e. The van der Waals surface area contributed by atoms with E-state index in [0.29, 0.717) is 5.56 Å². The summed E-state index contributed by atoms with van der Waals surface area (Å²) in [7, 11) is 0. The van der Waals surface area contributed by atoms with Crippen molar-refractivity contribution in [3.8, 4) is 34.3 Å². The Kier molecular flexibility index (Phi) is 6.80. The van der Waals surface area contributed by atoms with Crippen LogP contribution in [0.3, 0.4) is 0 Å². The number of nitriles is 1. The maximum Gasteiger partial charge on any atom is 0.143 e. The van der Waals surface area contributed by atoms with Crippen LogP contribution in [0.15, 0.2) is 170 Å². The number of rotatable bonds is 3. The van der Waals surface area contributed by atoms with Gasteiger partial charge in [0.2, 0.25) is 0 Å². The van der Waals surface area contributed by atoms with Gasteiger partial charge in [0.25, 0.3) is 0 Å². The molecule has 0 bridgehead atoms. The number of benzene rings is 9. The van der Waals surface area contributed by atoms with E-state index >= 15 is 0 Å². The van der Waals surface area contributed by atoms with Crippen LogP contribution in [-0.4, -0.2) is 14.5 Å². The monoisotopic (exact) mass is 784 g/mol. The van der Waals surface area contributed by atoms with E-state index in [1.165, 1.54) is 74.3 Å². The second kappa shape index (κ2) is 12.3. The molecule has 4 nitrogen and oxygen atoms in total. The largest absolute Gasteiger partial charge is 0.307 e. The molecule has 13 rings (SSSR count). The van der Waals surface area contributed by atoms with Crippen LogP contribution >= 0.6 is 22.7 Å². The second-order valence-corrected chi connectivity index (χ2v) is 17.2. The van der Waals surface area contributed by atoms with Gasteiger partial charge in [0, 0.05) is 58.5 Å². The third-order valence-electron chi connectivity index (χ3n) is 12.0. The van der Waals surface area contributed by atoms with Crippen molar-refractivity contribution in [1.29, 1.82) is 5.26 Å². The van der Waals surface area contributed by atoms with E-state index in [4.69, 9.17) is 9.97 Å². The normalized spacial score (nSPS) is 12.1. The van der Waals surface area contributed by atoms with E-state index in [0.717, 1.165) is 48.6 Å². The molecule has 0 fully saturated rings. The lowest BCUT2D eigenvalue weighted by molar-refractivity contribution is 1.19. The van der Waals surface area contributed by atoms with E-state index in [1.54, 1.807) is 11.3 Å². The summed E-state index contributed by atoms with van der Waals surface area (Å²) in [6.07, 6.45) is 0. The number of aromatic nitrogens is 3. The molecule has 0 saturated carbocycles. The summed E-state index contributed by atoms with van der Waals surface area (Å²) in [6.45, 7) is 0. The fraction of sp³-hybridized carbons (Fsp3) is 0. The van der Waals surface area contributed by atoms with Crippen LogP contribution in [0.25, 0.3) is 123 Å². The van der Waals surface area contributed by atoms with Gasteiger partial charge in [-0.2, -0.15) is 5.26 Å². The van der Waals surface area contributed by atoms with Crippen LogP contribution in [-0.2, 0) is 0 Å². The Bertz CT molecular complexity index is 3980. The SMILES string of the molecule is N#Cc1ccc(-c2nc3c(nc2-c2cccc(-n4c5c6ccccc6ccc5c5c6ccccc6c6c7ccc8ccccc8c7sc6c54)c2)sc2ccccc23)cc1. The molecule has 4 heterocycles. The zero-order chi connectivity index (χ0) is 38.8. The highest BCUT2D eigenvalue weighted by Gasteiger charge is 2.24. The van der Waals surface area contributed by atoms with Gasteiger partial charge in [0.1, 0.15) is 10.3 Å². The number of fused-ring (bicyclic) bond motifs is 17. The van der Waals surface area contributed by atoms with Crippen molar-refractivity contribution in [2.45, 2.75) is 0 Å². The molecule has 9 aromatic carbocycles. The summed E-state index contributed by atoms with van der Waals surface area (Å²) in [4.78, 5) is 11.7. The van der Waals surface area contributed by atoms with Gasteiger partial charge in [-0.15, -0.1) is 22.7 Å². The zero-order valence-electron chi connectivity index (χ0n) is 31.3. The lowest BCUT2D eigenvalue weighted by Gasteiger charge is -2.14. The summed E-state index contributed by atoms with van der Waals surface area (Å²) in [5.41, 5.74) is 8.46. The molecule has 59 heavy (non-hydrogen) atoms. The number of hydrogen-bond acceptors (Lipinski definition) is 5. The van der Waals surface area contributed by atoms with E-state index < -0.39 is 0 Å². The van der Waals surface area contributed by atoms with Gasteiger partial charge in [-0.1, -0.05) is 140 Å². The predicted molar refractivity (Wildman–Crippen MR) is 250 cm³/mol. The van der Waals surface area contributed by atoms with Crippen molar-refractivity contribution in [2.24, 2.45) is 0 Å². The van der Waals surface area contributed by atoms with Crippen molar-refractivity contribution in [2.75, 3.05) is 0 Å². The fourth-order valence-electron chi connectivity index (χ4n) is 9.39. The smallest absolute Gasteiger partial charge is 0.143 e. The van der Waals surface area contributed by atoms with Crippen molar-refractivity contribution in [1.82, 2.24) is 14.5 Å². The van der Waals surface area contributed by atoms with Crippen LogP contribution in [0.4, 0.5) is 0 Å². The van der Waals surface area contributed by atoms with Gasteiger partial charge in [-0.05, 0) is 57.3 Å². The molecule has 0 spiro atoms. The Morgan fingerprint density at radius 1 is 0.458 bits per heavy atom. The number of hydrogen-bond donors (Lipinski definition) is 0. The highest BCUT2D eigenvalue weighted by Crippen LogP contribution is 2.50. The third kappa shape index (κ3) is 4.63. The van der Waals surface area contributed by atoms with Crippen molar-refractivity contribution < 1.29 is 0 Å². The fourth-order valence-corrected chi connectivity index (χ4v) is 11.8. The molecule has 0 aliphatic heterocycles. The van der Waals surface area contributed by atoms with Crippen molar-refractivity contribution in [3.63, 3.8) is 0 Å². The molecule has 0 atom stereocenters. The molecule has 0 aliphatic rings. The molecule has 0 amide bonds. The molecule has 0 N–H and O–H groups in total.